The molecule has 2 aromatic carbocycles. The van der Waals surface area contributed by atoms with Crippen LogP contribution < -0.4 is 4.90 Å². The van der Waals surface area contributed by atoms with Crippen molar-refractivity contribution in [1.29, 1.82) is 0 Å². The van der Waals surface area contributed by atoms with Crippen molar-refractivity contribution in [3.05, 3.63) is 65.2 Å². The number of halogens is 1. The van der Waals surface area contributed by atoms with Crippen molar-refractivity contribution in [2.45, 2.75) is 31.7 Å². The Morgan fingerprint density at radius 1 is 0.850 bits per heavy atom. The molecule has 0 bridgehead atoms. The summed E-state index contributed by atoms with van der Waals surface area (Å²) < 4.78 is 0. The van der Waals surface area contributed by atoms with Crippen LogP contribution in [0.4, 0.5) is 5.69 Å². The molecule has 2 aromatic rings. The molecule has 1 fully saturated rings. The van der Waals surface area contributed by atoms with E-state index in [0.29, 0.717) is 6.04 Å². The molecule has 2 heteroatoms. The minimum absolute atomic E-state index is 0.470. The molecule has 1 atom stereocenters. The number of hydrogen-bond acceptors (Lipinski definition) is 1. The third-order valence-electron chi connectivity index (χ3n) is 4.10. The lowest BCUT2D eigenvalue weighted by Crippen LogP contribution is -2.28. The first-order chi connectivity index (χ1) is 9.84. The van der Waals surface area contributed by atoms with Crippen molar-refractivity contribution in [2.75, 3.05) is 11.4 Å². The zero-order valence-corrected chi connectivity index (χ0v) is 12.4. The fourth-order valence-electron chi connectivity index (χ4n) is 3.07. The predicted octanol–water partition coefficient (Wildman–Crippen LogP) is 5.46. The van der Waals surface area contributed by atoms with Crippen LogP contribution in [0.3, 0.4) is 0 Å². The molecule has 1 aliphatic rings. The zero-order chi connectivity index (χ0) is 13.8. The molecule has 3 rings (SSSR count). The van der Waals surface area contributed by atoms with Crippen LogP contribution in [-0.2, 0) is 0 Å². The second kappa shape index (κ2) is 6.32. The van der Waals surface area contributed by atoms with Gasteiger partial charge >= 0.3 is 0 Å². The normalized spacial score (nSPS) is 19.6. The largest absolute Gasteiger partial charge is 0.364 e. The molecule has 1 aliphatic heterocycles. The molecule has 1 heterocycles. The third-order valence-corrected chi connectivity index (χ3v) is 4.35. The van der Waals surface area contributed by atoms with Crippen LogP contribution in [0.2, 0.25) is 5.02 Å². The standard InChI is InChI=1S/C18H20ClN/c19-16-12-10-15(11-13-16)18-9-5-2-6-14-20(18)17-7-3-1-4-8-17/h1,3-4,7-8,10-13,18H,2,5-6,9,14H2. The van der Waals surface area contributed by atoms with Crippen LogP contribution in [-0.4, -0.2) is 6.54 Å². The Kier molecular flexibility index (Phi) is 4.27. The lowest BCUT2D eigenvalue weighted by molar-refractivity contribution is 0.602. The van der Waals surface area contributed by atoms with Crippen LogP contribution in [0.1, 0.15) is 37.3 Å². The van der Waals surface area contributed by atoms with E-state index in [1.807, 2.05) is 12.1 Å². The first-order valence-electron chi connectivity index (χ1n) is 7.42. The van der Waals surface area contributed by atoms with Gasteiger partial charge in [-0.3, -0.25) is 0 Å². The van der Waals surface area contributed by atoms with Gasteiger partial charge in [0.25, 0.3) is 0 Å². The Labute approximate surface area is 126 Å². The molecule has 1 nitrogen and oxygen atoms in total. The number of benzene rings is 2. The fraction of sp³-hybridized carbons (Fsp3) is 0.333. The maximum Gasteiger partial charge on any atom is 0.0542 e. The molecular weight excluding hydrogens is 266 g/mol. The van der Waals surface area contributed by atoms with Crippen molar-refractivity contribution in [1.82, 2.24) is 0 Å². The summed E-state index contributed by atoms with van der Waals surface area (Å²) in [5.74, 6) is 0. The summed E-state index contributed by atoms with van der Waals surface area (Å²) in [4.78, 5) is 2.55. The van der Waals surface area contributed by atoms with Crippen LogP contribution >= 0.6 is 11.6 Å². The minimum atomic E-state index is 0.470. The number of anilines is 1. The van der Waals surface area contributed by atoms with Gasteiger partial charge in [0.2, 0.25) is 0 Å². The Morgan fingerprint density at radius 3 is 2.35 bits per heavy atom. The highest BCUT2D eigenvalue weighted by molar-refractivity contribution is 6.30. The van der Waals surface area contributed by atoms with E-state index in [0.717, 1.165) is 11.6 Å². The Morgan fingerprint density at radius 2 is 1.60 bits per heavy atom. The Balaban J connectivity index is 1.93. The van der Waals surface area contributed by atoms with Gasteiger partial charge in [-0.15, -0.1) is 0 Å². The van der Waals surface area contributed by atoms with Crippen LogP contribution in [0.5, 0.6) is 0 Å². The van der Waals surface area contributed by atoms with Crippen LogP contribution in [0, 0.1) is 0 Å². The van der Waals surface area contributed by atoms with E-state index in [1.165, 1.54) is 36.9 Å². The molecular formula is C18H20ClN. The highest BCUT2D eigenvalue weighted by atomic mass is 35.5. The molecule has 0 aromatic heterocycles. The zero-order valence-electron chi connectivity index (χ0n) is 11.6. The van der Waals surface area contributed by atoms with E-state index in [4.69, 9.17) is 11.6 Å². The second-order valence-corrected chi connectivity index (χ2v) is 5.88. The monoisotopic (exact) mass is 285 g/mol. The van der Waals surface area contributed by atoms with Gasteiger partial charge in [-0.2, -0.15) is 0 Å². The smallest absolute Gasteiger partial charge is 0.0542 e. The van der Waals surface area contributed by atoms with Gasteiger partial charge in [0.15, 0.2) is 0 Å². The fourth-order valence-corrected chi connectivity index (χ4v) is 3.19. The third kappa shape index (κ3) is 2.99. The summed E-state index contributed by atoms with van der Waals surface area (Å²) in [6, 6.07) is 19.6. The van der Waals surface area contributed by atoms with Gasteiger partial charge in [-0.25, -0.2) is 0 Å². The van der Waals surface area contributed by atoms with Crippen molar-refractivity contribution in [3.8, 4) is 0 Å². The summed E-state index contributed by atoms with van der Waals surface area (Å²) in [6.07, 6.45) is 5.12. The predicted molar refractivity (Wildman–Crippen MR) is 86.4 cm³/mol. The summed E-state index contributed by atoms with van der Waals surface area (Å²) in [5.41, 5.74) is 2.70. The topological polar surface area (TPSA) is 3.24 Å². The van der Waals surface area contributed by atoms with E-state index < -0.39 is 0 Å². The van der Waals surface area contributed by atoms with Crippen molar-refractivity contribution >= 4 is 17.3 Å². The molecule has 0 saturated carbocycles. The van der Waals surface area contributed by atoms with Crippen LogP contribution in [0.25, 0.3) is 0 Å². The number of para-hydroxylation sites is 1. The highest BCUT2D eigenvalue weighted by Gasteiger charge is 2.22. The Bertz CT molecular complexity index is 535. The molecule has 104 valence electrons. The summed E-state index contributed by atoms with van der Waals surface area (Å²) in [6.45, 7) is 1.14. The van der Waals surface area contributed by atoms with Gasteiger partial charge in [0, 0.05) is 17.3 Å². The maximum absolute atomic E-state index is 6.02. The van der Waals surface area contributed by atoms with Crippen molar-refractivity contribution in [3.63, 3.8) is 0 Å². The molecule has 1 saturated heterocycles. The highest BCUT2D eigenvalue weighted by Crippen LogP contribution is 2.34. The molecule has 20 heavy (non-hydrogen) atoms. The van der Waals surface area contributed by atoms with Gasteiger partial charge in [0.1, 0.15) is 0 Å². The first kappa shape index (κ1) is 13.5. The summed E-state index contributed by atoms with van der Waals surface area (Å²) >= 11 is 6.02. The van der Waals surface area contributed by atoms with Gasteiger partial charge in [0.05, 0.1) is 6.04 Å². The van der Waals surface area contributed by atoms with E-state index in [2.05, 4.69) is 47.4 Å². The molecule has 0 radical (unpaired) electrons. The lowest BCUT2D eigenvalue weighted by atomic mass is 10.0. The maximum atomic E-state index is 6.02. The summed E-state index contributed by atoms with van der Waals surface area (Å²) in [5, 5.41) is 0.814. The number of nitrogens with zero attached hydrogens (tertiary/aromatic N) is 1. The number of rotatable bonds is 2. The molecule has 1 unspecified atom stereocenters. The van der Waals surface area contributed by atoms with E-state index in [9.17, 15) is 0 Å². The van der Waals surface area contributed by atoms with E-state index in [-0.39, 0.29) is 0 Å². The van der Waals surface area contributed by atoms with Gasteiger partial charge < -0.3 is 4.90 Å². The molecule has 0 N–H and O–H groups in total. The minimum Gasteiger partial charge on any atom is -0.364 e. The van der Waals surface area contributed by atoms with Crippen molar-refractivity contribution < 1.29 is 0 Å². The SMILES string of the molecule is Clc1ccc(C2CCCCCN2c2ccccc2)cc1. The molecule has 0 aliphatic carbocycles. The average molecular weight is 286 g/mol. The lowest BCUT2D eigenvalue weighted by Gasteiger charge is -2.32. The second-order valence-electron chi connectivity index (χ2n) is 5.45. The average Bonchev–Trinajstić information content (AvgIpc) is 2.75. The Hall–Kier alpha value is -1.47. The summed E-state index contributed by atoms with van der Waals surface area (Å²) in [7, 11) is 0. The van der Waals surface area contributed by atoms with E-state index in [1.54, 1.807) is 0 Å². The number of hydrogen-bond donors (Lipinski definition) is 0. The molecule has 0 spiro atoms. The quantitative estimate of drug-likeness (QED) is 0.708. The van der Waals surface area contributed by atoms with Gasteiger partial charge in [-0.05, 0) is 42.7 Å². The van der Waals surface area contributed by atoms with E-state index >= 15 is 0 Å². The first-order valence-corrected chi connectivity index (χ1v) is 7.79. The molecule has 0 amide bonds. The van der Waals surface area contributed by atoms with Crippen LogP contribution in [0.15, 0.2) is 54.6 Å². The van der Waals surface area contributed by atoms with Gasteiger partial charge in [-0.1, -0.05) is 54.8 Å². The van der Waals surface area contributed by atoms with Crippen molar-refractivity contribution in [2.24, 2.45) is 0 Å².